The Morgan fingerprint density at radius 1 is 1.17 bits per heavy atom. The van der Waals surface area contributed by atoms with Crippen molar-refractivity contribution in [3.8, 4) is 11.4 Å². The van der Waals surface area contributed by atoms with Crippen molar-refractivity contribution in [2.45, 2.75) is 23.5 Å². The molecule has 1 amide bonds. The Balaban J connectivity index is 1.57. The average Bonchev–Trinajstić information content (AvgIpc) is 3.16. The normalized spacial score (nSPS) is 11.1. The lowest BCUT2D eigenvalue weighted by molar-refractivity contribution is -0.118. The van der Waals surface area contributed by atoms with Crippen LogP contribution in [0.2, 0.25) is 5.02 Å². The summed E-state index contributed by atoms with van der Waals surface area (Å²) in [5, 5.41) is 13.9. The van der Waals surface area contributed by atoms with Crippen LogP contribution in [-0.2, 0) is 11.3 Å². The number of nitrogens with one attached hydrogen (secondary N) is 1. The van der Waals surface area contributed by atoms with Crippen molar-refractivity contribution in [1.29, 1.82) is 0 Å². The van der Waals surface area contributed by atoms with Gasteiger partial charge in [0.1, 0.15) is 0 Å². The van der Waals surface area contributed by atoms with Crippen LogP contribution in [0, 0.1) is 0 Å². The quantitative estimate of drug-likeness (QED) is 0.312. The van der Waals surface area contributed by atoms with Crippen molar-refractivity contribution >= 4 is 47.2 Å². The van der Waals surface area contributed by atoms with E-state index in [-0.39, 0.29) is 11.7 Å². The smallest absolute Gasteiger partial charge is 0.250 e. The Kier molecular flexibility index (Phi) is 7.74. The van der Waals surface area contributed by atoms with Gasteiger partial charge < -0.3 is 4.57 Å². The van der Waals surface area contributed by atoms with Gasteiger partial charge in [0.25, 0.3) is 5.91 Å². The van der Waals surface area contributed by atoms with Gasteiger partial charge in [0.15, 0.2) is 11.0 Å². The van der Waals surface area contributed by atoms with Crippen LogP contribution in [0.5, 0.6) is 0 Å². The molecule has 0 aliphatic carbocycles. The summed E-state index contributed by atoms with van der Waals surface area (Å²) in [6.45, 7) is 2.71. The summed E-state index contributed by atoms with van der Waals surface area (Å²) in [4.78, 5) is 13.3. The molecular weight excluding hydrogens is 426 g/mol. The van der Waals surface area contributed by atoms with E-state index in [0.29, 0.717) is 16.7 Å². The minimum absolute atomic E-state index is 0.196. The molecule has 0 unspecified atom stereocenters. The third-order valence-electron chi connectivity index (χ3n) is 3.99. The highest BCUT2D eigenvalue weighted by atomic mass is 35.5. The lowest BCUT2D eigenvalue weighted by atomic mass is 10.2. The largest absolute Gasteiger partial charge is 0.302 e. The number of aromatic nitrogens is 3. The van der Waals surface area contributed by atoms with Crippen molar-refractivity contribution in [1.82, 2.24) is 20.2 Å². The van der Waals surface area contributed by atoms with Gasteiger partial charge in [0, 0.05) is 22.0 Å². The second kappa shape index (κ2) is 10.5. The number of amides is 1. The molecule has 150 valence electrons. The van der Waals surface area contributed by atoms with E-state index >= 15 is 0 Å². The molecule has 0 saturated heterocycles. The standard InChI is InChI=1S/C20H20ClN5OS2/c1-3-26-19(15-6-8-16(21)9-7-15)24-25-20(26)29-13-18(27)23-22-12-14-4-10-17(28-2)11-5-14/h4-12H,3,13H2,1-2H3,(H,23,27)/b22-12+. The fourth-order valence-electron chi connectivity index (χ4n) is 2.52. The van der Waals surface area contributed by atoms with Crippen molar-refractivity contribution in [3.05, 3.63) is 59.1 Å². The molecule has 0 aliphatic heterocycles. The first-order valence-electron chi connectivity index (χ1n) is 8.88. The Bertz CT molecular complexity index is 987. The molecule has 6 nitrogen and oxygen atoms in total. The number of hydrogen-bond donors (Lipinski definition) is 1. The molecule has 29 heavy (non-hydrogen) atoms. The topological polar surface area (TPSA) is 72.2 Å². The number of carbonyl (C=O) groups is 1. The van der Waals surface area contributed by atoms with E-state index in [0.717, 1.165) is 17.0 Å². The molecule has 0 bridgehead atoms. The zero-order valence-corrected chi connectivity index (χ0v) is 18.4. The van der Waals surface area contributed by atoms with Crippen LogP contribution in [0.1, 0.15) is 12.5 Å². The SMILES string of the molecule is CCn1c(SCC(=O)N/N=C/c2ccc(SC)cc2)nnc1-c1ccc(Cl)cc1. The fraction of sp³-hybridized carbons (Fsp3) is 0.200. The van der Waals surface area contributed by atoms with E-state index in [1.807, 2.05) is 66.3 Å². The molecule has 0 fully saturated rings. The molecule has 9 heteroatoms. The van der Waals surface area contributed by atoms with Gasteiger partial charge in [-0.15, -0.1) is 22.0 Å². The third kappa shape index (κ3) is 5.85. The zero-order valence-electron chi connectivity index (χ0n) is 16.0. The second-order valence-corrected chi connectivity index (χ2v) is 8.17. The van der Waals surface area contributed by atoms with Crippen LogP contribution >= 0.6 is 35.1 Å². The first-order valence-corrected chi connectivity index (χ1v) is 11.5. The summed E-state index contributed by atoms with van der Waals surface area (Å²) >= 11 is 8.96. The lowest BCUT2D eigenvalue weighted by Crippen LogP contribution is -2.20. The molecule has 1 heterocycles. The predicted molar refractivity (Wildman–Crippen MR) is 121 cm³/mol. The van der Waals surface area contributed by atoms with Crippen LogP contribution in [-0.4, -0.2) is 38.9 Å². The molecule has 2 aromatic carbocycles. The van der Waals surface area contributed by atoms with Gasteiger partial charge in [-0.05, 0) is 55.1 Å². The maximum atomic E-state index is 12.1. The average molecular weight is 446 g/mol. The molecule has 1 aromatic heterocycles. The van der Waals surface area contributed by atoms with E-state index in [1.165, 1.54) is 16.7 Å². The van der Waals surface area contributed by atoms with Crippen molar-refractivity contribution in [2.24, 2.45) is 5.10 Å². The molecule has 0 atom stereocenters. The summed E-state index contributed by atoms with van der Waals surface area (Å²) in [5.74, 6) is 0.742. The van der Waals surface area contributed by atoms with E-state index in [2.05, 4.69) is 20.7 Å². The van der Waals surface area contributed by atoms with E-state index in [1.54, 1.807) is 18.0 Å². The number of hydrogen-bond acceptors (Lipinski definition) is 6. The number of thioether (sulfide) groups is 2. The maximum Gasteiger partial charge on any atom is 0.250 e. The van der Waals surface area contributed by atoms with Crippen LogP contribution in [0.15, 0.2) is 63.7 Å². The van der Waals surface area contributed by atoms with Crippen LogP contribution in [0.4, 0.5) is 0 Å². The molecule has 0 aliphatic rings. The first-order chi connectivity index (χ1) is 14.1. The number of nitrogens with zero attached hydrogens (tertiary/aromatic N) is 4. The number of halogens is 1. The van der Waals surface area contributed by atoms with Gasteiger partial charge in [-0.25, -0.2) is 5.43 Å². The number of rotatable bonds is 8. The van der Waals surface area contributed by atoms with Gasteiger partial charge in [0.2, 0.25) is 0 Å². The summed E-state index contributed by atoms with van der Waals surface area (Å²) in [6.07, 6.45) is 3.65. The molecule has 3 aromatic rings. The lowest BCUT2D eigenvalue weighted by Gasteiger charge is -2.07. The van der Waals surface area contributed by atoms with Gasteiger partial charge >= 0.3 is 0 Å². The highest BCUT2D eigenvalue weighted by Gasteiger charge is 2.14. The highest BCUT2D eigenvalue weighted by Crippen LogP contribution is 2.25. The van der Waals surface area contributed by atoms with Crippen LogP contribution < -0.4 is 5.43 Å². The Morgan fingerprint density at radius 2 is 1.90 bits per heavy atom. The van der Waals surface area contributed by atoms with E-state index in [9.17, 15) is 4.79 Å². The molecule has 0 saturated carbocycles. The first kappa shape index (κ1) is 21.4. The van der Waals surface area contributed by atoms with Gasteiger partial charge in [-0.1, -0.05) is 35.5 Å². The molecule has 1 N–H and O–H groups in total. The Labute approximate surface area is 183 Å². The molecule has 0 radical (unpaired) electrons. The van der Waals surface area contributed by atoms with Crippen molar-refractivity contribution in [3.63, 3.8) is 0 Å². The van der Waals surface area contributed by atoms with Gasteiger partial charge in [0.05, 0.1) is 12.0 Å². The van der Waals surface area contributed by atoms with Crippen LogP contribution in [0.25, 0.3) is 11.4 Å². The summed E-state index contributed by atoms with van der Waals surface area (Å²) in [5.41, 5.74) is 4.40. The van der Waals surface area contributed by atoms with Crippen molar-refractivity contribution in [2.75, 3.05) is 12.0 Å². The number of carbonyl (C=O) groups excluding carboxylic acids is 1. The van der Waals surface area contributed by atoms with Gasteiger partial charge in [-0.2, -0.15) is 5.10 Å². The maximum absolute atomic E-state index is 12.1. The van der Waals surface area contributed by atoms with Crippen molar-refractivity contribution < 1.29 is 4.79 Å². The van der Waals surface area contributed by atoms with Gasteiger partial charge in [-0.3, -0.25) is 4.79 Å². The monoisotopic (exact) mass is 445 g/mol. The zero-order chi connectivity index (χ0) is 20.6. The Morgan fingerprint density at radius 3 is 2.55 bits per heavy atom. The third-order valence-corrected chi connectivity index (χ3v) is 5.95. The van der Waals surface area contributed by atoms with E-state index in [4.69, 9.17) is 11.6 Å². The molecule has 3 rings (SSSR count). The minimum Gasteiger partial charge on any atom is -0.302 e. The number of hydrazone groups is 1. The summed E-state index contributed by atoms with van der Waals surface area (Å²) in [7, 11) is 0. The summed E-state index contributed by atoms with van der Waals surface area (Å²) in [6, 6.07) is 15.4. The second-order valence-electron chi connectivity index (χ2n) is 5.91. The predicted octanol–water partition coefficient (Wildman–Crippen LogP) is 4.58. The highest BCUT2D eigenvalue weighted by molar-refractivity contribution is 7.99. The Hall–Kier alpha value is -2.29. The minimum atomic E-state index is -0.203. The molecule has 0 spiro atoms. The van der Waals surface area contributed by atoms with E-state index < -0.39 is 0 Å². The fourth-order valence-corrected chi connectivity index (χ4v) is 3.85. The van der Waals surface area contributed by atoms with Crippen LogP contribution in [0.3, 0.4) is 0 Å². The number of benzene rings is 2. The summed E-state index contributed by atoms with van der Waals surface area (Å²) < 4.78 is 1.97. The molecular formula is C20H20ClN5OS2.